The lowest BCUT2D eigenvalue weighted by Crippen LogP contribution is -2.28. The first-order chi connectivity index (χ1) is 14.4. The van der Waals surface area contributed by atoms with Gasteiger partial charge in [0.1, 0.15) is 5.75 Å². The molecule has 0 aliphatic heterocycles. The van der Waals surface area contributed by atoms with Crippen LogP contribution in [0.1, 0.15) is 27.2 Å². The number of hydrogen-bond acceptors (Lipinski definition) is 5. The highest BCUT2D eigenvalue weighted by molar-refractivity contribution is 6.35. The van der Waals surface area contributed by atoms with E-state index in [9.17, 15) is 5.11 Å². The Bertz CT molecular complexity index is 1220. The first kappa shape index (κ1) is 20.4. The van der Waals surface area contributed by atoms with Crippen molar-refractivity contribution in [3.63, 3.8) is 0 Å². The Balaban J connectivity index is 1.78. The number of phenolic OH excluding ortho intramolecular Hbond substituents is 1. The summed E-state index contributed by atoms with van der Waals surface area (Å²) in [6, 6.07) is 7.38. The van der Waals surface area contributed by atoms with Crippen molar-refractivity contribution in [3.8, 4) is 17.0 Å². The van der Waals surface area contributed by atoms with Crippen LogP contribution < -0.4 is 4.90 Å². The Morgan fingerprint density at radius 2 is 2.00 bits per heavy atom. The van der Waals surface area contributed by atoms with Crippen molar-refractivity contribution in [2.45, 2.75) is 27.2 Å². The lowest BCUT2D eigenvalue weighted by atomic mass is 10.1. The van der Waals surface area contributed by atoms with Gasteiger partial charge in [0.15, 0.2) is 5.65 Å². The molecule has 0 unspecified atom stereocenters. The third kappa shape index (κ3) is 3.92. The van der Waals surface area contributed by atoms with E-state index in [1.54, 1.807) is 16.8 Å². The number of nitrogens with zero attached hydrogens (tertiary/aromatic N) is 5. The van der Waals surface area contributed by atoms with Gasteiger partial charge in [0, 0.05) is 48.7 Å². The van der Waals surface area contributed by atoms with Crippen molar-refractivity contribution < 1.29 is 5.11 Å². The van der Waals surface area contributed by atoms with Crippen molar-refractivity contribution >= 4 is 39.2 Å². The topological polar surface area (TPSA) is 67.1 Å². The molecule has 7 heteroatoms. The number of halogens is 1. The molecule has 1 aromatic carbocycles. The summed E-state index contributed by atoms with van der Waals surface area (Å²) in [6.07, 6.45) is 4.83. The van der Waals surface area contributed by atoms with Crippen LogP contribution in [0.5, 0.6) is 5.75 Å². The van der Waals surface area contributed by atoms with Crippen molar-refractivity contribution in [3.05, 3.63) is 41.7 Å². The highest BCUT2D eigenvalue weighted by Gasteiger charge is 2.15. The molecule has 3 heterocycles. The van der Waals surface area contributed by atoms with Crippen LogP contribution in [0.25, 0.3) is 33.2 Å². The van der Waals surface area contributed by atoms with Gasteiger partial charge in [-0.1, -0.05) is 32.4 Å². The van der Waals surface area contributed by atoms with Gasteiger partial charge in [-0.15, -0.1) is 0 Å². The molecule has 4 aromatic rings. The molecule has 156 valence electrons. The maximum absolute atomic E-state index is 10.5. The third-order valence-electron chi connectivity index (χ3n) is 5.06. The second-order valence-electron chi connectivity index (χ2n) is 8.12. The largest absolute Gasteiger partial charge is 0.507 e. The van der Waals surface area contributed by atoms with Crippen LogP contribution in [0.2, 0.25) is 5.02 Å². The zero-order valence-electron chi connectivity index (χ0n) is 17.7. The average molecular weight is 424 g/mol. The molecule has 0 amide bonds. The maximum atomic E-state index is 10.5. The van der Waals surface area contributed by atoms with Gasteiger partial charge < -0.3 is 10.0 Å². The van der Waals surface area contributed by atoms with Gasteiger partial charge in [0.05, 0.1) is 28.1 Å². The summed E-state index contributed by atoms with van der Waals surface area (Å²) in [5.74, 6) is 0.667. The van der Waals surface area contributed by atoms with Crippen molar-refractivity contribution in [2.75, 3.05) is 18.0 Å². The second kappa shape index (κ2) is 8.11. The van der Waals surface area contributed by atoms with Crippen LogP contribution in [0.4, 0.5) is 5.69 Å². The molecule has 0 spiro atoms. The van der Waals surface area contributed by atoms with Crippen molar-refractivity contribution in [1.29, 1.82) is 0 Å². The van der Waals surface area contributed by atoms with E-state index in [4.69, 9.17) is 11.6 Å². The Labute approximate surface area is 181 Å². The van der Waals surface area contributed by atoms with Gasteiger partial charge in [-0.2, -0.15) is 5.10 Å². The predicted molar refractivity (Wildman–Crippen MR) is 123 cm³/mol. The minimum absolute atomic E-state index is 0.117. The normalized spacial score (nSPS) is 11.7. The van der Waals surface area contributed by atoms with E-state index in [0.29, 0.717) is 27.8 Å². The third-order valence-corrected chi connectivity index (χ3v) is 5.37. The second-order valence-corrected chi connectivity index (χ2v) is 8.53. The van der Waals surface area contributed by atoms with Gasteiger partial charge in [0.25, 0.3) is 0 Å². The summed E-state index contributed by atoms with van der Waals surface area (Å²) < 4.78 is 1.72. The molecule has 0 bridgehead atoms. The molecule has 0 atom stereocenters. The summed E-state index contributed by atoms with van der Waals surface area (Å²) in [6.45, 7) is 8.53. The zero-order chi connectivity index (χ0) is 21.4. The fourth-order valence-corrected chi connectivity index (χ4v) is 4.03. The summed E-state index contributed by atoms with van der Waals surface area (Å²) >= 11 is 6.65. The predicted octanol–water partition coefficient (Wildman–Crippen LogP) is 5.41. The van der Waals surface area contributed by atoms with Gasteiger partial charge in [-0.3, -0.25) is 4.68 Å². The Kier molecular flexibility index (Phi) is 5.52. The average Bonchev–Trinajstić information content (AvgIpc) is 3.05. The van der Waals surface area contributed by atoms with E-state index in [1.165, 1.54) is 0 Å². The fraction of sp³-hybridized carbons (Fsp3) is 0.348. The number of anilines is 1. The molecule has 30 heavy (non-hydrogen) atoms. The van der Waals surface area contributed by atoms with E-state index in [2.05, 4.69) is 46.8 Å². The standard InChI is InChI=1S/C23H26ClN5O/c1-5-6-29(12-14(2)3)16-8-17-19(24)9-21(26-23(17)25-11-16)18-7-15-13-28(4)27-20(15)10-22(18)30/h7-11,13-14,30H,5-6,12H2,1-4H3. The van der Waals surface area contributed by atoms with Gasteiger partial charge >= 0.3 is 0 Å². The van der Waals surface area contributed by atoms with E-state index >= 15 is 0 Å². The molecule has 0 aliphatic carbocycles. The van der Waals surface area contributed by atoms with Gasteiger partial charge in [0.2, 0.25) is 0 Å². The fourth-order valence-electron chi connectivity index (χ4n) is 3.79. The molecule has 0 aliphatic rings. The van der Waals surface area contributed by atoms with E-state index in [-0.39, 0.29) is 5.75 Å². The lowest BCUT2D eigenvalue weighted by molar-refractivity contribution is 0.478. The highest BCUT2D eigenvalue weighted by atomic mass is 35.5. The molecule has 3 aromatic heterocycles. The summed E-state index contributed by atoms with van der Waals surface area (Å²) in [5, 5.41) is 17.2. The molecular weight excluding hydrogens is 398 g/mol. The van der Waals surface area contributed by atoms with E-state index in [0.717, 1.165) is 41.5 Å². The molecule has 4 rings (SSSR count). The molecule has 0 saturated heterocycles. The molecule has 1 N–H and O–H groups in total. The van der Waals surface area contributed by atoms with E-state index < -0.39 is 0 Å². The Morgan fingerprint density at radius 1 is 1.20 bits per heavy atom. The molecule has 0 fully saturated rings. The first-order valence-electron chi connectivity index (χ1n) is 10.2. The first-order valence-corrected chi connectivity index (χ1v) is 10.6. The Morgan fingerprint density at radius 3 is 2.73 bits per heavy atom. The number of phenols is 1. The number of aryl methyl sites for hydroxylation is 1. The maximum Gasteiger partial charge on any atom is 0.161 e. The summed E-state index contributed by atoms with van der Waals surface area (Å²) in [4.78, 5) is 11.6. The van der Waals surface area contributed by atoms with E-state index in [1.807, 2.05) is 25.5 Å². The highest BCUT2D eigenvalue weighted by Crippen LogP contribution is 2.35. The quantitative estimate of drug-likeness (QED) is 0.448. The summed E-state index contributed by atoms with van der Waals surface area (Å²) in [5.41, 5.74) is 3.54. The van der Waals surface area contributed by atoms with Crippen LogP contribution in [0.15, 0.2) is 36.7 Å². The number of hydrogen-bond donors (Lipinski definition) is 1. The van der Waals surface area contributed by atoms with Crippen LogP contribution >= 0.6 is 11.6 Å². The number of aromatic nitrogens is 4. The van der Waals surface area contributed by atoms with Crippen LogP contribution in [0, 0.1) is 5.92 Å². The zero-order valence-corrected chi connectivity index (χ0v) is 18.5. The number of pyridine rings is 2. The summed E-state index contributed by atoms with van der Waals surface area (Å²) in [7, 11) is 1.85. The molecule has 0 saturated carbocycles. The molecule has 6 nitrogen and oxygen atoms in total. The van der Waals surface area contributed by atoms with Gasteiger partial charge in [-0.05, 0) is 30.5 Å². The van der Waals surface area contributed by atoms with Crippen LogP contribution in [-0.2, 0) is 7.05 Å². The minimum Gasteiger partial charge on any atom is -0.507 e. The molecular formula is C23H26ClN5O. The monoisotopic (exact) mass is 423 g/mol. The Hall–Kier alpha value is -2.86. The SMILES string of the molecule is CCCN(CC(C)C)c1cnc2nc(-c3cc4cn(C)nc4cc3O)cc(Cl)c2c1. The minimum atomic E-state index is 0.117. The van der Waals surface area contributed by atoms with Crippen molar-refractivity contribution in [2.24, 2.45) is 13.0 Å². The number of aromatic hydroxyl groups is 1. The number of fused-ring (bicyclic) bond motifs is 2. The molecule has 0 radical (unpaired) electrons. The van der Waals surface area contributed by atoms with Crippen LogP contribution in [-0.4, -0.2) is 37.9 Å². The smallest absolute Gasteiger partial charge is 0.161 e. The lowest BCUT2D eigenvalue weighted by Gasteiger charge is -2.26. The van der Waals surface area contributed by atoms with Crippen molar-refractivity contribution in [1.82, 2.24) is 19.7 Å². The van der Waals surface area contributed by atoms with Crippen LogP contribution in [0.3, 0.4) is 0 Å². The number of rotatable bonds is 6. The van der Waals surface area contributed by atoms with Gasteiger partial charge in [-0.25, -0.2) is 9.97 Å². The number of benzene rings is 1.